The minimum Gasteiger partial charge on any atom is -0.493 e. The molecule has 0 bridgehead atoms. The van der Waals surface area contributed by atoms with E-state index in [1.807, 2.05) is 0 Å². The maximum atomic E-state index is 12.9. The number of benzene rings is 1. The molecule has 5 rings (SSSR count). The summed E-state index contributed by atoms with van der Waals surface area (Å²) >= 11 is 0. The Bertz CT molecular complexity index is 896. The van der Waals surface area contributed by atoms with Gasteiger partial charge in [0.05, 0.1) is 20.1 Å². The van der Waals surface area contributed by atoms with Crippen LogP contribution in [0.1, 0.15) is 50.2 Å². The van der Waals surface area contributed by atoms with Crippen LogP contribution in [0, 0.1) is 23.2 Å². The molecule has 0 unspecified atom stereocenters. The Morgan fingerprint density at radius 1 is 1.19 bits per heavy atom. The molecule has 0 spiro atoms. The van der Waals surface area contributed by atoms with E-state index in [0.29, 0.717) is 11.8 Å². The van der Waals surface area contributed by atoms with Crippen LogP contribution in [0.15, 0.2) is 24.3 Å². The molecule has 31 heavy (non-hydrogen) atoms. The van der Waals surface area contributed by atoms with Crippen molar-refractivity contribution in [3.8, 4) is 11.5 Å². The largest absolute Gasteiger partial charge is 0.493 e. The van der Waals surface area contributed by atoms with Crippen molar-refractivity contribution in [1.82, 2.24) is 4.90 Å². The fourth-order valence-corrected chi connectivity index (χ4v) is 6.84. The number of esters is 1. The second kappa shape index (κ2) is 7.84. The van der Waals surface area contributed by atoms with E-state index in [1.54, 1.807) is 14.2 Å². The number of nitrogens with zero attached hydrogens (tertiary/aromatic N) is 1. The van der Waals surface area contributed by atoms with Crippen LogP contribution in [0.4, 0.5) is 0 Å². The van der Waals surface area contributed by atoms with Gasteiger partial charge in [-0.1, -0.05) is 19.1 Å². The molecule has 0 N–H and O–H groups in total. The lowest BCUT2D eigenvalue weighted by molar-refractivity contribution is -0.146. The molecule has 1 saturated heterocycles. The van der Waals surface area contributed by atoms with Crippen molar-refractivity contribution in [2.24, 2.45) is 23.2 Å². The molecule has 5 atom stereocenters. The Hall–Kier alpha value is -2.01. The van der Waals surface area contributed by atoms with E-state index in [2.05, 4.69) is 30.5 Å². The van der Waals surface area contributed by atoms with Gasteiger partial charge in [-0.2, -0.15) is 0 Å². The Morgan fingerprint density at radius 2 is 1.94 bits per heavy atom. The monoisotopic (exact) mass is 425 g/mol. The summed E-state index contributed by atoms with van der Waals surface area (Å²) in [5.74, 6) is 2.41. The van der Waals surface area contributed by atoms with Crippen LogP contribution in [0.3, 0.4) is 0 Å². The molecule has 3 fully saturated rings. The lowest BCUT2D eigenvalue weighted by Gasteiger charge is -2.50. The van der Waals surface area contributed by atoms with Crippen LogP contribution < -0.4 is 9.47 Å². The molecule has 5 nitrogen and oxygen atoms in total. The molecule has 0 radical (unpaired) electrons. The average Bonchev–Trinajstić information content (AvgIpc) is 3.04. The fourth-order valence-electron chi connectivity index (χ4n) is 6.84. The molecule has 168 valence electrons. The van der Waals surface area contributed by atoms with Gasteiger partial charge in [0.1, 0.15) is 6.10 Å². The summed E-state index contributed by atoms with van der Waals surface area (Å²) in [5, 5.41) is 0. The van der Waals surface area contributed by atoms with Gasteiger partial charge in [0.2, 0.25) is 0 Å². The van der Waals surface area contributed by atoms with Gasteiger partial charge < -0.3 is 14.2 Å². The highest BCUT2D eigenvalue weighted by molar-refractivity contribution is 5.75. The van der Waals surface area contributed by atoms with E-state index in [9.17, 15) is 4.79 Å². The Balaban J connectivity index is 1.32. The minimum absolute atomic E-state index is 0.0148. The van der Waals surface area contributed by atoms with Crippen molar-refractivity contribution >= 4 is 5.97 Å². The van der Waals surface area contributed by atoms with Gasteiger partial charge in [-0.3, -0.25) is 9.69 Å². The van der Waals surface area contributed by atoms with Gasteiger partial charge in [0.15, 0.2) is 11.5 Å². The number of ether oxygens (including phenoxy) is 3. The SMILES string of the molecule is C=C1CCC[C@]2(C)C[C@H]3OC(=O)[C@H](CN4CCc5cc(OC)c(OC)cc5C4)[C@@H]3C[C@H]12. The lowest BCUT2D eigenvalue weighted by Crippen LogP contribution is -2.46. The third-order valence-electron chi connectivity index (χ3n) is 8.57. The summed E-state index contributed by atoms with van der Waals surface area (Å²) in [6.07, 6.45) is 6.72. The summed E-state index contributed by atoms with van der Waals surface area (Å²) in [5.41, 5.74) is 4.24. The van der Waals surface area contributed by atoms with Crippen molar-refractivity contribution in [1.29, 1.82) is 0 Å². The van der Waals surface area contributed by atoms with Crippen molar-refractivity contribution in [3.05, 3.63) is 35.4 Å². The number of methoxy groups -OCH3 is 2. The summed E-state index contributed by atoms with van der Waals surface area (Å²) in [6, 6.07) is 4.19. The summed E-state index contributed by atoms with van der Waals surface area (Å²) in [4.78, 5) is 15.4. The van der Waals surface area contributed by atoms with Crippen molar-refractivity contribution in [2.45, 2.75) is 58.1 Å². The summed E-state index contributed by atoms with van der Waals surface area (Å²) in [6.45, 7) is 9.38. The lowest BCUT2D eigenvalue weighted by atomic mass is 9.55. The second-order valence-corrected chi connectivity index (χ2v) is 10.4. The minimum atomic E-state index is -0.0222. The van der Waals surface area contributed by atoms with Gasteiger partial charge in [-0.05, 0) is 73.1 Å². The zero-order chi connectivity index (χ0) is 21.8. The Labute approximate surface area is 185 Å². The number of hydrogen-bond acceptors (Lipinski definition) is 5. The molecule has 0 amide bonds. The second-order valence-electron chi connectivity index (χ2n) is 10.4. The van der Waals surface area contributed by atoms with Gasteiger partial charge in [-0.15, -0.1) is 0 Å². The number of rotatable bonds is 4. The summed E-state index contributed by atoms with van der Waals surface area (Å²) < 4.78 is 16.9. The van der Waals surface area contributed by atoms with Crippen molar-refractivity contribution < 1.29 is 19.0 Å². The number of allylic oxidation sites excluding steroid dienone is 1. The van der Waals surface area contributed by atoms with Crippen LogP contribution >= 0.6 is 0 Å². The molecular weight excluding hydrogens is 390 g/mol. The highest BCUT2D eigenvalue weighted by Gasteiger charge is 2.55. The number of carbonyl (C=O) groups is 1. The normalized spacial score (nSPS) is 35.1. The maximum absolute atomic E-state index is 12.9. The van der Waals surface area contributed by atoms with E-state index < -0.39 is 0 Å². The van der Waals surface area contributed by atoms with Gasteiger partial charge in [0.25, 0.3) is 0 Å². The van der Waals surface area contributed by atoms with Crippen LogP contribution in [0.5, 0.6) is 11.5 Å². The molecule has 2 heterocycles. The zero-order valence-corrected chi connectivity index (χ0v) is 19.1. The number of carbonyl (C=O) groups excluding carboxylic acids is 1. The first-order valence-electron chi connectivity index (χ1n) is 11.8. The van der Waals surface area contributed by atoms with E-state index in [4.69, 9.17) is 14.2 Å². The first-order valence-corrected chi connectivity index (χ1v) is 11.8. The highest BCUT2D eigenvalue weighted by atomic mass is 16.6. The number of hydrogen-bond donors (Lipinski definition) is 0. The van der Waals surface area contributed by atoms with Crippen molar-refractivity contribution in [2.75, 3.05) is 27.3 Å². The van der Waals surface area contributed by atoms with Crippen LogP contribution in [-0.2, 0) is 22.5 Å². The molecule has 1 aromatic carbocycles. The standard InChI is InChI=1S/C26H35NO4/c1-16-6-5-8-26(2)13-24-19(12-21(16)26)20(25(28)31-24)15-27-9-7-17-10-22(29-3)23(30-4)11-18(17)14-27/h10-11,19-21,24H,1,5-9,12-15H2,2-4H3/t19-,20+,21+,24+,26+/m0/s1. The first-order chi connectivity index (χ1) is 14.9. The highest BCUT2D eigenvalue weighted by Crippen LogP contribution is 2.57. The smallest absolute Gasteiger partial charge is 0.310 e. The van der Waals surface area contributed by atoms with Gasteiger partial charge in [0, 0.05) is 25.6 Å². The molecule has 5 heteroatoms. The molecule has 2 saturated carbocycles. The van der Waals surface area contributed by atoms with Crippen LogP contribution in [0.2, 0.25) is 0 Å². The van der Waals surface area contributed by atoms with E-state index in [-0.39, 0.29) is 23.4 Å². The van der Waals surface area contributed by atoms with Gasteiger partial charge in [-0.25, -0.2) is 0 Å². The number of fused-ring (bicyclic) bond motifs is 3. The molecule has 1 aromatic rings. The van der Waals surface area contributed by atoms with Crippen LogP contribution in [0.25, 0.3) is 0 Å². The Morgan fingerprint density at radius 3 is 2.68 bits per heavy atom. The van der Waals surface area contributed by atoms with E-state index in [0.717, 1.165) is 56.8 Å². The molecular formula is C26H35NO4. The average molecular weight is 426 g/mol. The topological polar surface area (TPSA) is 48.0 Å². The van der Waals surface area contributed by atoms with E-state index >= 15 is 0 Å². The Kier molecular flexibility index (Phi) is 5.28. The van der Waals surface area contributed by atoms with Crippen LogP contribution in [-0.4, -0.2) is 44.3 Å². The quantitative estimate of drug-likeness (QED) is 0.529. The molecule has 0 aromatic heterocycles. The third kappa shape index (κ3) is 3.55. The molecule has 2 aliphatic heterocycles. The summed E-state index contributed by atoms with van der Waals surface area (Å²) in [7, 11) is 3.35. The third-order valence-corrected chi connectivity index (χ3v) is 8.57. The van der Waals surface area contributed by atoms with E-state index in [1.165, 1.54) is 29.5 Å². The zero-order valence-electron chi connectivity index (χ0n) is 19.1. The predicted octanol–water partition coefficient (Wildman–Crippen LogP) is 4.38. The maximum Gasteiger partial charge on any atom is 0.310 e. The predicted molar refractivity (Wildman–Crippen MR) is 119 cm³/mol. The molecule has 4 aliphatic rings. The van der Waals surface area contributed by atoms with Crippen molar-refractivity contribution in [3.63, 3.8) is 0 Å². The fraction of sp³-hybridized carbons (Fsp3) is 0.654. The van der Waals surface area contributed by atoms with Gasteiger partial charge >= 0.3 is 5.97 Å². The molecule has 2 aliphatic carbocycles. The first kappa shape index (κ1) is 20.9.